The predicted octanol–water partition coefficient (Wildman–Crippen LogP) is 0.643. The van der Waals surface area contributed by atoms with E-state index in [-0.39, 0.29) is 25.3 Å². The van der Waals surface area contributed by atoms with E-state index in [0.29, 0.717) is 6.54 Å². The van der Waals surface area contributed by atoms with E-state index in [2.05, 4.69) is 16.6 Å². The lowest BCUT2D eigenvalue weighted by Gasteiger charge is -2.13. The first-order chi connectivity index (χ1) is 9.20. The molecule has 0 fully saturated rings. The van der Waals surface area contributed by atoms with Gasteiger partial charge in [-0.05, 0) is 24.6 Å². The van der Waals surface area contributed by atoms with Crippen molar-refractivity contribution in [3.63, 3.8) is 0 Å². The van der Waals surface area contributed by atoms with Crippen LogP contribution in [0.1, 0.15) is 12.5 Å². The molecular weight excluding hydrogens is 244 g/mol. The average Bonchev–Trinajstić information content (AvgIpc) is 2.89. The summed E-state index contributed by atoms with van der Waals surface area (Å²) in [6, 6.07) is 5.40. The molecule has 1 atom stereocenters. The van der Waals surface area contributed by atoms with Crippen molar-refractivity contribution in [2.45, 2.75) is 19.5 Å². The minimum atomic E-state index is -0.307. The molecule has 0 saturated carbocycles. The number of benzene rings is 1. The summed E-state index contributed by atoms with van der Waals surface area (Å²) in [4.78, 5) is 11.6. The number of nitrogens with one attached hydrogen (secondary N) is 2. The third-order valence-corrected chi connectivity index (χ3v) is 2.81. The van der Waals surface area contributed by atoms with Crippen LogP contribution in [-0.4, -0.2) is 25.3 Å². The van der Waals surface area contributed by atoms with Gasteiger partial charge in [0, 0.05) is 6.54 Å². The van der Waals surface area contributed by atoms with Crippen molar-refractivity contribution in [3.05, 3.63) is 23.8 Å². The first-order valence-electron chi connectivity index (χ1n) is 6.04. The molecular formula is C14H16N2O3. The second-order valence-electron chi connectivity index (χ2n) is 4.21. The number of terminal acetylenes is 1. The Balaban J connectivity index is 1.85. The molecule has 2 rings (SSSR count). The molecule has 19 heavy (non-hydrogen) atoms. The molecule has 2 N–H and O–H groups in total. The van der Waals surface area contributed by atoms with Gasteiger partial charge in [-0.2, -0.15) is 0 Å². The summed E-state index contributed by atoms with van der Waals surface area (Å²) in [6.07, 6.45) is 5.08. The minimum absolute atomic E-state index is 0.112. The zero-order valence-corrected chi connectivity index (χ0v) is 10.7. The Kier molecular flexibility index (Phi) is 4.26. The summed E-state index contributed by atoms with van der Waals surface area (Å²) < 4.78 is 10.5. The maximum Gasteiger partial charge on any atom is 0.237 e. The van der Waals surface area contributed by atoms with Crippen molar-refractivity contribution in [1.82, 2.24) is 10.6 Å². The van der Waals surface area contributed by atoms with Crippen LogP contribution < -0.4 is 20.1 Å². The molecule has 0 aliphatic carbocycles. The van der Waals surface area contributed by atoms with Crippen LogP contribution in [0.5, 0.6) is 11.5 Å². The molecule has 1 aromatic carbocycles. The third-order valence-electron chi connectivity index (χ3n) is 2.81. The second kappa shape index (κ2) is 6.12. The van der Waals surface area contributed by atoms with E-state index in [1.165, 1.54) is 0 Å². The molecule has 0 saturated heterocycles. The van der Waals surface area contributed by atoms with Gasteiger partial charge >= 0.3 is 0 Å². The number of carbonyl (C=O) groups excluding carboxylic acids is 1. The Morgan fingerprint density at radius 3 is 3.05 bits per heavy atom. The molecule has 1 aliphatic rings. The summed E-state index contributed by atoms with van der Waals surface area (Å²) in [5.41, 5.74) is 1.03. The lowest BCUT2D eigenvalue weighted by atomic mass is 10.2. The van der Waals surface area contributed by atoms with E-state index in [1.54, 1.807) is 6.92 Å². The molecule has 0 aromatic heterocycles. The fourth-order valence-corrected chi connectivity index (χ4v) is 1.71. The Morgan fingerprint density at radius 1 is 1.47 bits per heavy atom. The van der Waals surface area contributed by atoms with Gasteiger partial charge in [-0.25, -0.2) is 0 Å². The normalized spacial score (nSPS) is 13.7. The molecule has 0 radical (unpaired) electrons. The lowest BCUT2D eigenvalue weighted by Crippen LogP contribution is -2.41. The van der Waals surface area contributed by atoms with Crippen molar-refractivity contribution < 1.29 is 14.3 Å². The summed E-state index contributed by atoms with van der Waals surface area (Å²) in [6.45, 7) is 2.87. The molecule has 0 bridgehead atoms. The topological polar surface area (TPSA) is 59.6 Å². The zero-order chi connectivity index (χ0) is 13.7. The number of hydrogen-bond donors (Lipinski definition) is 2. The van der Waals surface area contributed by atoms with E-state index in [1.807, 2.05) is 18.2 Å². The predicted molar refractivity (Wildman–Crippen MR) is 70.7 cm³/mol. The van der Waals surface area contributed by atoms with Crippen molar-refractivity contribution in [2.75, 3.05) is 13.3 Å². The maximum absolute atomic E-state index is 11.6. The van der Waals surface area contributed by atoms with E-state index in [0.717, 1.165) is 17.1 Å². The summed E-state index contributed by atoms with van der Waals surface area (Å²) in [5.74, 6) is 3.75. The molecule has 1 amide bonds. The molecule has 1 aliphatic heterocycles. The van der Waals surface area contributed by atoms with Gasteiger partial charge in [-0.3, -0.25) is 4.79 Å². The highest BCUT2D eigenvalue weighted by Gasteiger charge is 2.14. The van der Waals surface area contributed by atoms with Crippen LogP contribution in [-0.2, 0) is 11.3 Å². The van der Waals surface area contributed by atoms with Gasteiger partial charge in [0.15, 0.2) is 11.5 Å². The van der Waals surface area contributed by atoms with Gasteiger partial charge in [0.25, 0.3) is 0 Å². The molecule has 1 heterocycles. The fraction of sp³-hybridized carbons (Fsp3) is 0.357. The van der Waals surface area contributed by atoms with Crippen molar-refractivity contribution >= 4 is 5.91 Å². The number of ether oxygens (including phenoxy) is 2. The maximum atomic E-state index is 11.6. The van der Waals surface area contributed by atoms with E-state index < -0.39 is 0 Å². The number of carbonyl (C=O) groups is 1. The number of hydrogen-bond acceptors (Lipinski definition) is 4. The van der Waals surface area contributed by atoms with Gasteiger partial charge in [-0.1, -0.05) is 12.0 Å². The Bertz CT molecular complexity index is 508. The van der Waals surface area contributed by atoms with Gasteiger partial charge in [0.05, 0.1) is 12.6 Å². The highest BCUT2D eigenvalue weighted by atomic mass is 16.7. The van der Waals surface area contributed by atoms with E-state index in [4.69, 9.17) is 15.9 Å². The van der Waals surface area contributed by atoms with Crippen LogP contribution >= 0.6 is 0 Å². The standard InChI is InChI=1S/C14H16N2O3/c1-3-6-15-14(17)10(2)16-8-11-4-5-12-13(7-11)19-9-18-12/h1,4-5,7,10,16H,6,8-9H2,2H3,(H,15,17). The highest BCUT2D eigenvalue weighted by Crippen LogP contribution is 2.32. The summed E-state index contributed by atoms with van der Waals surface area (Å²) in [5, 5.41) is 5.75. The van der Waals surface area contributed by atoms with E-state index >= 15 is 0 Å². The molecule has 1 unspecified atom stereocenters. The van der Waals surface area contributed by atoms with Crippen LogP contribution in [0.2, 0.25) is 0 Å². The summed E-state index contributed by atoms with van der Waals surface area (Å²) >= 11 is 0. The SMILES string of the molecule is C#CCNC(=O)C(C)NCc1ccc2c(c1)OCO2. The highest BCUT2D eigenvalue weighted by molar-refractivity contribution is 5.81. The summed E-state index contributed by atoms with van der Waals surface area (Å²) in [7, 11) is 0. The average molecular weight is 260 g/mol. The van der Waals surface area contributed by atoms with Gasteiger partial charge in [0.1, 0.15) is 0 Å². The van der Waals surface area contributed by atoms with Crippen LogP contribution in [0.4, 0.5) is 0 Å². The molecule has 0 spiro atoms. The Morgan fingerprint density at radius 2 is 2.26 bits per heavy atom. The number of amides is 1. The quantitative estimate of drug-likeness (QED) is 0.763. The van der Waals surface area contributed by atoms with Gasteiger partial charge < -0.3 is 20.1 Å². The van der Waals surface area contributed by atoms with Crippen LogP contribution in [0.25, 0.3) is 0 Å². The third kappa shape index (κ3) is 3.39. The number of fused-ring (bicyclic) bond motifs is 1. The molecule has 5 nitrogen and oxygen atoms in total. The fourth-order valence-electron chi connectivity index (χ4n) is 1.71. The molecule has 1 aromatic rings. The monoisotopic (exact) mass is 260 g/mol. The first kappa shape index (κ1) is 13.2. The van der Waals surface area contributed by atoms with Crippen molar-refractivity contribution in [3.8, 4) is 23.8 Å². The molecule has 100 valence electrons. The van der Waals surface area contributed by atoms with Crippen molar-refractivity contribution in [2.24, 2.45) is 0 Å². The second-order valence-corrected chi connectivity index (χ2v) is 4.21. The smallest absolute Gasteiger partial charge is 0.237 e. The van der Waals surface area contributed by atoms with E-state index in [9.17, 15) is 4.79 Å². The number of rotatable bonds is 5. The minimum Gasteiger partial charge on any atom is -0.454 e. The van der Waals surface area contributed by atoms with Crippen molar-refractivity contribution in [1.29, 1.82) is 0 Å². The van der Waals surface area contributed by atoms with Crippen LogP contribution in [0, 0.1) is 12.3 Å². The van der Waals surface area contributed by atoms with Gasteiger partial charge in [-0.15, -0.1) is 6.42 Å². The first-order valence-corrected chi connectivity index (χ1v) is 6.04. The Labute approximate surface area is 112 Å². The van der Waals surface area contributed by atoms with Crippen LogP contribution in [0.15, 0.2) is 18.2 Å². The zero-order valence-electron chi connectivity index (χ0n) is 10.7. The lowest BCUT2D eigenvalue weighted by molar-refractivity contribution is -0.122. The largest absolute Gasteiger partial charge is 0.454 e. The van der Waals surface area contributed by atoms with Gasteiger partial charge in [0.2, 0.25) is 12.7 Å². The van der Waals surface area contributed by atoms with Crippen LogP contribution in [0.3, 0.4) is 0 Å². The molecule has 5 heteroatoms. The Hall–Kier alpha value is -2.19.